The smallest absolute Gasteiger partial charge is 0.254 e. The second kappa shape index (κ2) is 7.84. The van der Waals surface area contributed by atoms with Gasteiger partial charge in [-0.1, -0.05) is 69.3 Å². The van der Waals surface area contributed by atoms with E-state index in [0.717, 1.165) is 11.1 Å². The van der Waals surface area contributed by atoms with Gasteiger partial charge in [0.05, 0.1) is 18.2 Å². The number of hydrogen-bond donors (Lipinski definition) is 1. The molecule has 5 nitrogen and oxygen atoms in total. The third-order valence-corrected chi connectivity index (χ3v) is 5.44. The van der Waals surface area contributed by atoms with E-state index in [0.29, 0.717) is 24.5 Å². The van der Waals surface area contributed by atoms with Gasteiger partial charge in [0.2, 0.25) is 0 Å². The lowest BCUT2D eigenvalue weighted by Crippen LogP contribution is -2.51. The van der Waals surface area contributed by atoms with Crippen LogP contribution in [-0.4, -0.2) is 40.0 Å². The number of hydrogen-bond acceptors (Lipinski definition) is 3. The van der Waals surface area contributed by atoms with Crippen LogP contribution in [0.5, 0.6) is 0 Å². The first-order chi connectivity index (χ1) is 13.9. The highest BCUT2D eigenvalue weighted by atomic mass is 16.5. The van der Waals surface area contributed by atoms with E-state index in [1.165, 1.54) is 0 Å². The Morgan fingerprint density at radius 2 is 1.79 bits per heavy atom. The summed E-state index contributed by atoms with van der Waals surface area (Å²) in [7, 11) is 0. The maximum atomic E-state index is 13.6. The molecule has 0 spiro atoms. The van der Waals surface area contributed by atoms with Gasteiger partial charge < -0.3 is 14.6 Å². The molecular formula is C24H27N3O2. The summed E-state index contributed by atoms with van der Waals surface area (Å²) in [5.41, 5.74) is 2.49. The molecular weight excluding hydrogens is 362 g/mol. The molecule has 29 heavy (non-hydrogen) atoms. The molecule has 0 bridgehead atoms. The lowest BCUT2D eigenvalue weighted by molar-refractivity contribution is -0.119. The van der Waals surface area contributed by atoms with E-state index in [2.05, 4.69) is 42.9 Å². The summed E-state index contributed by atoms with van der Waals surface area (Å²) in [5.74, 6) is 0.713. The Kier molecular flexibility index (Phi) is 5.24. The van der Waals surface area contributed by atoms with Gasteiger partial charge in [0.25, 0.3) is 5.91 Å². The van der Waals surface area contributed by atoms with E-state index in [4.69, 9.17) is 4.74 Å². The lowest BCUT2D eigenvalue weighted by atomic mass is 9.87. The summed E-state index contributed by atoms with van der Waals surface area (Å²) < 4.78 is 6.44. The minimum absolute atomic E-state index is 0.00970. The van der Waals surface area contributed by atoms with Gasteiger partial charge in [-0.25, -0.2) is 4.98 Å². The topological polar surface area (TPSA) is 58.2 Å². The first-order valence-electron chi connectivity index (χ1n) is 10.0. The fourth-order valence-electron chi connectivity index (χ4n) is 3.71. The van der Waals surface area contributed by atoms with Gasteiger partial charge >= 0.3 is 0 Å². The number of nitrogens with zero attached hydrogens (tertiary/aromatic N) is 2. The van der Waals surface area contributed by atoms with Crippen LogP contribution in [0.25, 0.3) is 11.4 Å². The van der Waals surface area contributed by atoms with Crippen LogP contribution in [0.15, 0.2) is 67.0 Å². The van der Waals surface area contributed by atoms with E-state index in [1.54, 1.807) is 12.4 Å². The molecule has 3 aromatic rings. The highest BCUT2D eigenvalue weighted by molar-refractivity contribution is 6.00. The number of benzene rings is 2. The molecule has 1 aromatic heterocycles. The number of amides is 1. The Bertz CT molecular complexity index is 961. The molecule has 4 rings (SSSR count). The number of aromatic nitrogens is 2. The largest absolute Gasteiger partial charge is 0.366 e. The number of H-pyrrole nitrogens is 1. The SMILES string of the molecule is CC(C)(C)[C@H]1CN(C(=O)c2ccccc2-c2ncc[nH]2)C[C@@H](c2ccccc2)O1. The van der Waals surface area contributed by atoms with Crippen molar-refractivity contribution in [3.8, 4) is 11.4 Å². The van der Waals surface area contributed by atoms with Crippen molar-refractivity contribution >= 4 is 5.91 Å². The zero-order chi connectivity index (χ0) is 20.4. The van der Waals surface area contributed by atoms with Crippen molar-refractivity contribution in [3.05, 3.63) is 78.1 Å². The van der Waals surface area contributed by atoms with Crippen molar-refractivity contribution < 1.29 is 9.53 Å². The van der Waals surface area contributed by atoms with Crippen molar-refractivity contribution in [3.63, 3.8) is 0 Å². The zero-order valence-electron chi connectivity index (χ0n) is 17.1. The van der Waals surface area contributed by atoms with E-state index in [9.17, 15) is 4.79 Å². The fourth-order valence-corrected chi connectivity index (χ4v) is 3.71. The molecule has 150 valence electrons. The van der Waals surface area contributed by atoms with E-state index < -0.39 is 0 Å². The maximum Gasteiger partial charge on any atom is 0.254 e. The molecule has 1 fully saturated rings. The highest BCUT2D eigenvalue weighted by Crippen LogP contribution is 2.34. The molecule has 1 aliphatic rings. The van der Waals surface area contributed by atoms with Crippen molar-refractivity contribution in [2.75, 3.05) is 13.1 Å². The molecule has 2 aromatic carbocycles. The Hall–Kier alpha value is -2.92. The molecule has 0 radical (unpaired) electrons. The standard InChI is InChI=1S/C24H27N3O2/c1-24(2,3)21-16-27(15-20(29-21)17-9-5-4-6-10-17)23(28)19-12-8-7-11-18(19)22-25-13-14-26-22/h4-14,20-21H,15-16H2,1-3H3,(H,25,26)/t20-,21+/m0/s1. The van der Waals surface area contributed by atoms with Gasteiger partial charge in [-0.05, 0) is 17.0 Å². The zero-order valence-corrected chi connectivity index (χ0v) is 17.1. The number of aromatic amines is 1. The summed E-state index contributed by atoms with van der Waals surface area (Å²) in [6, 6.07) is 17.8. The van der Waals surface area contributed by atoms with Gasteiger partial charge in [0.1, 0.15) is 11.9 Å². The first-order valence-corrected chi connectivity index (χ1v) is 10.0. The van der Waals surface area contributed by atoms with Crippen molar-refractivity contribution in [1.82, 2.24) is 14.9 Å². The first kappa shape index (κ1) is 19.4. The molecule has 5 heteroatoms. The molecule has 1 saturated heterocycles. The summed E-state index contributed by atoms with van der Waals surface area (Å²) >= 11 is 0. The molecule has 0 aliphatic carbocycles. The number of nitrogens with one attached hydrogen (secondary N) is 1. The quantitative estimate of drug-likeness (QED) is 0.706. The van der Waals surface area contributed by atoms with Gasteiger partial charge in [-0.2, -0.15) is 0 Å². The third-order valence-electron chi connectivity index (χ3n) is 5.44. The molecule has 1 N–H and O–H groups in total. The van der Waals surface area contributed by atoms with Crippen LogP contribution in [0, 0.1) is 5.41 Å². The Morgan fingerprint density at radius 3 is 2.48 bits per heavy atom. The normalized spacial score (nSPS) is 19.9. The van der Waals surface area contributed by atoms with Crippen LogP contribution < -0.4 is 0 Å². The van der Waals surface area contributed by atoms with E-state index >= 15 is 0 Å². The van der Waals surface area contributed by atoms with Crippen molar-refractivity contribution in [2.45, 2.75) is 33.0 Å². The Balaban J connectivity index is 1.67. The van der Waals surface area contributed by atoms with Gasteiger partial charge in [-0.3, -0.25) is 4.79 Å². The summed E-state index contributed by atoms with van der Waals surface area (Å²) in [4.78, 5) is 23.0. The van der Waals surface area contributed by atoms with Crippen LogP contribution in [0.4, 0.5) is 0 Å². The maximum absolute atomic E-state index is 13.6. The van der Waals surface area contributed by atoms with E-state index in [-0.39, 0.29) is 23.5 Å². The summed E-state index contributed by atoms with van der Waals surface area (Å²) in [6.07, 6.45) is 3.27. The number of ether oxygens (including phenoxy) is 1. The summed E-state index contributed by atoms with van der Waals surface area (Å²) in [6.45, 7) is 7.57. The second-order valence-corrected chi connectivity index (χ2v) is 8.58. The number of imidazole rings is 1. The van der Waals surface area contributed by atoms with Crippen LogP contribution in [0.3, 0.4) is 0 Å². The van der Waals surface area contributed by atoms with Crippen molar-refractivity contribution in [1.29, 1.82) is 0 Å². The average molecular weight is 389 g/mol. The predicted octanol–water partition coefficient (Wildman–Crippen LogP) is 4.71. The Labute approximate surface area is 171 Å². The molecule has 2 atom stereocenters. The number of carbonyl (C=O) groups excluding carboxylic acids is 1. The lowest BCUT2D eigenvalue weighted by Gasteiger charge is -2.43. The average Bonchev–Trinajstić information content (AvgIpc) is 3.28. The molecule has 0 saturated carbocycles. The number of rotatable bonds is 3. The van der Waals surface area contributed by atoms with Crippen LogP contribution >= 0.6 is 0 Å². The molecule has 1 amide bonds. The van der Waals surface area contributed by atoms with Crippen LogP contribution in [0.1, 0.15) is 42.8 Å². The monoisotopic (exact) mass is 389 g/mol. The second-order valence-electron chi connectivity index (χ2n) is 8.58. The minimum atomic E-state index is -0.145. The van der Waals surface area contributed by atoms with Gasteiger partial charge in [0.15, 0.2) is 0 Å². The van der Waals surface area contributed by atoms with Crippen molar-refractivity contribution in [2.24, 2.45) is 5.41 Å². The third kappa shape index (κ3) is 4.10. The van der Waals surface area contributed by atoms with Gasteiger partial charge in [-0.15, -0.1) is 0 Å². The summed E-state index contributed by atoms with van der Waals surface area (Å²) in [5, 5.41) is 0. The number of carbonyl (C=O) groups is 1. The molecule has 0 unspecified atom stereocenters. The molecule has 1 aliphatic heterocycles. The van der Waals surface area contributed by atoms with Gasteiger partial charge in [0, 0.05) is 24.5 Å². The fraction of sp³-hybridized carbons (Fsp3) is 0.333. The predicted molar refractivity (Wildman–Crippen MR) is 113 cm³/mol. The number of morpholine rings is 1. The highest BCUT2D eigenvalue weighted by Gasteiger charge is 2.38. The van der Waals surface area contributed by atoms with Crippen LogP contribution in [0.2, 0.25) is 0 Å². The Morgan fingerprint density at radius 1 is 1.07 bits per heavy atom. The molecule has 2 heterocycles. The van der Waals surface area contributed by atoms with Crippen LogP contribution in [-0.2, 0) is 4.74 Å². The minimum Gasteiger partial charge on any atom is -0.366 e. The van der Waals surface area contributed by atoms with E-state index in [1.807, 2.05) is 47.4 Å².